The van der Waals surface area contributed by atoms with E-state index in [9.17, 15) is 9.59 Å². The molecule has 1 aliphatic rings. The Morgan fingerprint density at radius 2 is 1.63 bits per heavy atom. The quantitative estimate of drug-likeness (QED) is 0.768. The van der Waals surface area contributed by atoms with E-state index in [4.69, 9.17) is 4.74 Å². The Morgan fingerprint density at radius 1 is 1.05 bits per heavy atom. The van der Waals surface area contributed by atoms with Gasteiger partial charge in [0.25, 0.3) is 0 Å². The molecule has 0 amide bonds. The number of methoxy groups -OCH3 is 1. The Hall–Kier alpha value is -1.64. The Morgan fingerprint density at radius 3 is 2.16 bits per heavy atom. The normalized spacial score (nSPS) is 16.8. The molecule has 0 heterocycles. The van der Waals surface area contributed by atoms with Gasteiger partial charge in [0.2, 0.25) is 0 Å². The van der Waals surface area contributed by atoms with Crippen LogP contribution in [0.1, 0.15) is 47.4 Å². The van der Waals surface area contributed by atoms with Gasteiger partial charge in [-0.15, -0.1) is 0 Å². The first-order valence-electron chi connectivity index (χ1n) is 6.62. The van der Waals surface area contributed by atoms with Crippen molar-refractivity contribution >= 4 is 11.6 Å². The zero-order valence-corrected chi connectivity index (χ0v) is 12.0. The molecular formula is C16H20O3. The van der Waals surface area contributed by atoms with E-state index >= 15 is 0 Å². The molecule has 0 aromatic heterocycles. The molecule has 0 spiro atoms. The van der Waals surface area contributed by atoms with E-state index in [2.05, 4.69) is 6.07 Å². The average Bonchev–Trinajstić information content (AvgIpc) is 2.27. The number of ether oxygens (including phenoxy) is 1. The number of carbonyl (C=O) groups excluding carboxylic acids is 2. The van der Waals surface area contributed by atoms with Crippen molar-refractivity contribution in [2.75, 3.05) is 7.11 Å². The van der Waals surface area contributed by atoms with Gasteiger partial charge in [0.05, 0.1) is 13.5 Å². The van der Waals surface area contributed by atoms with Crippen LogP contribution in [-0.4, -0.2) is 18.7 Å². The minimum absolute atomic E-state index is 0.0169. The van der Waals surface area contributed by atoms with Gasteiger partial charge in [-0.2, -0.15) is 0 Å². The fourth-order valence-corrected chi connectivity index (χ4v) is 3.31. The second kappa shape index (κ2) is 5.16. The monoisotopic (exact) mass is 260 g/mol. The van der Waals surface area contributed by atoms with Gasteiger partial charge >= 0.3 is 0 Å². The minimum atomic E-state index is 0.0169. The van der Waals surface area contributed by atoms with Crippen LogP contribution >= 0.6 is 0 Å². The molecular weight excluding hydrogens is 240 g/mol. The molecule has 0 aliphatic heterocycles. The molecule has 1 saturated carbocycles. The zero-order valence-electron chi connectivity index (χ0n) is 12.0. The van der Waals surface area contributed by atoms with Crippen LogP contribution in [0, 0.1) is 20.8 Å². The van der Waals surface area contributed by atoms with Crippen LogP contribution < -0.4 is 4.74 Å². The van der Waals surface area contributed by atoms with Gasteiger partial charge in [-0.05, 0) is 48.9 Å². The van der Waals surface area contributed by atoms with Gasteiger partial charge in [-0.25, -0.2) is 0 Å². The lowest BCUT2D eigenvalue weighted by atomic mass is 9.78. The maximum atomic E-state index is 11.6. The van der Waals surface area contributed by atoms with Crippen molar-refractivity contribution < 1.29 is 14.3 Å². The van der Waals surface area contributed by atoms with Gasteiger partial charge in [0.1, 0.15) is 17.3 Å². The van der Waals surface area contributed by atoms with Gasteiger partial charge in [-0.1, -0.05) is 6.07 Å². The van der Waals surface area contributed by atoms with Crippen molar-refractivity contribution in [2.24, 2.45) is 0 Å². The Kier molecular flexibility index (Phi) is 3.74. The second-order valence-electron chi connectivity index (χ2n) is 5.44. The number of Topliss-reactive ketones (excluding diaryl/α,β-unsaturated/α-hetero) is 2. The summed E-state index contributed by atoms with van der Waals surface area (Å²) in [6.07, 6.45) is 1.05. The van der Waals surface area contributed by atoms with Gasteiger partial charge < -0.3 is 4.74 Å². The molecule has 102 valence electrons. The highest BCUT2D eigenvalue weighted by molar-refractivity contribution is 6.02. The summed E-state index contributed by atoms with van der Waals surface area (Å²) in [6, 6.07) is 2.07. The number of rotatable bonds is 2. The van der Waals surface area contributed by atoms with Crippen molar-refractivity contribution in [2.45, 2.75) is 46.0 Å². The van der Waals surface area contributed by atoms with Crippen LogP contribution in [0.3, 0.4) is 0 Å². The molecule has 2 rings (SSSR count). The topological polar surface area (TPSA) is 43.4 Å². The summed E-state index contributed by atoms with van der Waals surface area (Å²) < 4.78 is 5.45. The van der Waals surface area contributed by atoms with Crippen molar-refractivity contribution in [1.29, 1.82) is 0 Å². The van der Waals surface area contributed by atoms with E-state index in [0.717, 1.165) is 28.0 Å². The van der Waals surface area contributed by atoms with Crippen molar-refractivity contribution in [3.8, 4) is 5.75 Å². The highest BCUT2D eigenvalue weighted by atomic mass is 16.5. The average molecular weight is 260 g/mol. The first kappa shape index (κ1) is 13.8. The maximum Gasteiger partial charge on any atom is 0.140 e. The number of ketones is 2. The molecule has 0 saturated heterocycles. The largest absolute Gasteiger partial charge is 0.496 e. The molecule has 0 radical (unpaired) electrons. The minimum Gasteiger partial charge on any atom is -0.496 e. The first-order chi connectivity index (χ1) is 8.93. The molecule has 1 aliphatic carbocycles. The molecule has 0 N–H and O–H groups in total. The smallest absolute Gasteiger partial charge is 0.140 e. The van der Waals surface area contributed by atoms with Crippen LogP contribution in [0.15, 0.2) is 6.07 Å². The maximum absolute atomic E-state index is 11.6. The lowest BCUT2D eigenvalue weighted by molar-refractivity contribution is -0.130. The summed E-state index contributed by atoms with van der Waals surface area (Å²) in [7, 11) is 1.66. The van der Waals surface area contributed by atoms with Crippen LogP contribution in [-0.2, 0) is 9.59 Å². The highest BCUT2D eigenvalue weighted by Crippen LogP contribution is 2.38. The van der Waals surface area contributed by atoms with Gasteiger partial charge in [0.15, 0.2) is 0 Å². The van der Waals surface area contributed by atoms with E-state index < -0.39 is 0 Å². The molecule has 19 heavy (non-hydrogen) atoms. The summed E-state index contributed by atoms with van der Waals surface area (Å²) in [5.74, 6) is 0.994. The number of carbonyl (C=O) groups is 2. The molecule has 0 atom stereocenters. The SMILES string of the molecule is COc1c(C)cc(C)c(C2CC(=O)CC(=O)C2)c1C. The van der Waals surface area contributed by atoms with E-state index in [1.54, 1.807) is 7.11 Å². The van der Waals surface area contributed by atoms with Crippen LogP contribution in [0.5, 0.6) is 5.75 Å². The predicted octanol–water partition coefficient (Wildman–Crippen LogP) is 3.03. The Bertz CT molecular complexity index is 527. The first-order valence-corrected chi connectivity index (χ1v) is 6.62. The second-order valence-corrected chi connectivity index (χ2v) is 5.44. The van der Waals surface area contributed by atoms with Crippen LogP contribution in [0.25, 0.3) is 0 Å². The number of benzene rings is 1. The number of hydrogen-bond acceptors (Lipinski definition) is 3. The van der Waals surface area contributed by atoms with E-state index in [1.165, 1.54) is 0 Å². The fraction of sp³-hybridized carbons (Fsp3) is 0.500. The zero-order chi connectivity index (χ0) is 14.2. The van der Waals surface area contributed by atoms with E-state index in [-0.39, 0.29) is 23.9 Å². The molecule has 0 unspecified atom stereocenters. The third-order valence-electron chi connectivity index (χ3n) is 3.92. The Balaban J connectivity index is 2.50. The molecule has 0 bridgehead atoms. The van der Waals surface area contributed by atoms with Gasteiger partial charge in [-0.3, -0.25) is 9.59 Å². The lowest BCUT2D eigenvalue weighted by Gasteiger charge is -2.25. The van der Waals surface area contributed by atoms with Gasteiger partial charge in [0, 0.05) is 12.8 Å². The third-order valence-corrected chi connectivity index (χ3v) is 3.92. The third kappa shape index (κ3) is 2.55. The summed E-state index contributed by atoms with van der Waals surface area (Å²) in [4.78, 5) is 23.3. The molecule has 1 fully saturated rings. The standard InChI is InChI=1S/C16H20O3/c1-9-5-10(2)16(19-4)11(3)15(9)12-6-13(17)8-14(18)7-12/h5,12H,6-8H2,1-4H3. The van der Waals surface area contributed by atoms with E-state index in [1.807, 2.05) is 20.8 Å². The fourth-order valence-electron chi connectivity index (χ4n) is 3.31. The Labute approximate surface area is 114 Å². The molecule has 3 nitrogen and oxygen atoms in total. The lowest BCUT2D eigenvalue weighted by Crippen LogP contribution is -2.22. The molecule has 1 aromatic carbocycles. The number of aryl methyl sites for hydroxylation is 2. The summed E-state index contributed by atoms with van der Waals surface area (Å²) in [5.41, 5.74) is 4.41. The van der Waals surface area contributed by atoms with Crippen molar-refractivity contribution in [1.82, 2.24) is 0 Å². The van der Waals surface area contributed by atoms with Crippen LogP contribution in [0.4, 0.5) is 0 Å². The van der Waals surface area contributed by atoms with Crippen molar-refractivity contribution in [3.63, 3.8) is 0 Å². The van der Waals surface area contributed by atoms with Crippen molar-refractivity contribution in [3.05, 3.63) is 28.3 Å². The van der Waals surface area contributed by atoms with E-state index in [0.29, 0.717) is 12.8 Å². The highest BCUT2D eigenvalue weighted by Gasteiger charge is 2.29. The molecule has 3 heteroatoms. The summed E-state index contributed by atoms with van der Waals surface area (Å²) in [6.45, 7) is 6.07. The summed E-state index contributed by atoms with van der Waals surface area (Å²) in [5, 5.41) is 0. The van der Waals surface area contributed by atoms with Crippen LogP contribution in [0.2, 0.25) is 0 Å². The predicted molar refractivity (Wildman–Crippen MR) is 73.8 cm³/mol. The molecule has 1 aromatic rings. The summed E-state index contributed by atoms with van der Waals surface area (Å²) >= 11 is 0. The number of hydrogen-bond donors (Lipinski definition) is 0.